The first-order valence-corrected chi connectivity index (χ1v) is 11.9. The molecule has 3 aromatic rings. The van der Waals surface area contributed by atoms with Gasteiger partial charge in [-0.3, -0.25) is 9.59 Å². The first kappa shape index (κ1) is 24.5. The van der Waals surface area contributed by atoms with E-state index in [4.69, 9.17) is 9.47 Å². The zero-order chi connectivity index (χ0) is 24.6. The topological polar surface area (TPSA) is 96.5 Å². The molecular weight excluding hydrogens is 444 g/mol. The number of H-pyrrole nitrogens is 1. The Morgan fingerprint density at radius 3 is 2.71 bits per heavy atom. The van der Waals surface area contributed by atoms with Gasteiger partial charge in [-0.1, -0.05) is 48.0 Å². The van der Waals surface area contributed by atoms with E-state index in [1.165, 1.54) is 0 Å². The predicted octanol–water partition coefficient (Wildman–Crippen LogP) is 3.33. The van der Waals surface area contributed by atoms with E-state index < -0.39 is 6.04 Å². The number of aromatic nitrogens is 2. The Hall–Kier alpha value is -3.65. The smallest absolute Gasteiger partial charge is 0.247 e. The van der Waals surface area contributed by atoms with Gasteiger partial charge in [0.1, 0.15) is 11.8 Å². The molecule has 0 aliphatic carbocycles. The molecule has 2 N–H and O–H groups in total. The minimum absolute atomic E-state index is 0.000907. The predicted molar refractivity (Wildman–Crippen MR) is 132 cm³/mol. The van der Waals surface area contributed by atoms with Gasteiger partial charge in [-0.15, -0.1) is 0 Å². The number of nitrogens with one attached hydrogen (secondary N) is 2. The van der Waals surface area contributed by atoms with Crippen molar-refractivity contribution in [3.63, 3.8) is 0 Å². The molecule has 1 aliphatic rings. The Morgan fingerprint density at radius 1 is 1.23 bits per heavy atom. The lowest BCUT2D eigenvalue weighted by molar-refractivity contribution is -0.141. The van der Waals surface area contributed by atoms with Gasteiger partial charge >= 0.3 is 0 Å². The first-order valence-electron chi connectivity index (χ1n) is 11.9. The molecule has 1 aliphatic heterocycles. The number of benzene rings is 2. The summed E-state index contributed by atoms with van der Waals surface area (Å²) in [6.45, 7) is 3.33. The van der Waals surface area contributed by atoms with Crippen molar-refractivity contribution in [3.8, 4) is 5.75 Å². The summed E-state index contributed by atoms with van der Waals surface area (Å²) in [6.07, 6.45) is 5.16. The molecule has 0 saturated carbocycles. The average Bonchev–Trinajstić information content (AvgIpc) is 3.58. The second-order valence-corrected chi connectivity index (χ2v) is 8.78. The second kappa shape index (κ2) is 11.7. The van der Waals surface area contributed by atoms with Crippen LogP contribution < -0.4 is 10.1 Å². The lowest BCUT2D eigenvalue weighted by atomic mass is 10.0. The van der Waals surface area contributed by atoms with E-state index >= 15 is 0 Å². The Balaban J connectivity index is 1.68. The number of hydrogen-bond donors (Lipinski definition) is 2. The van der Waals surface area contributed by atoms with E-state index in [1.54, 1.807) is 24.5 Å². The van der Waals surface area contributed by atoms with Crippen molar-refractivity contribution in [3.05, 3.63) is 83.4 Å². The molecule has 0 spiro atoms. The monoisotopic (exact) mass is 476 g/mol. The average molecular weight is 477 g/mol. The third-order valence-electron chi connectivity index (χ3n) is 6.23. The zero-order valence-electron chi connectivity index (χ0n) is 20.2. The molecule has 0 radical (unpaired) electrons. The molecule has 1 aromatic heterocycles. The summed E-state index contributed by atoms with van der Waals surface area (Å²) in [5.41, 5.74) is 3.32. The second-order valence-electron chi connectivity index (χ2n) is 8.78. The zero-order valence-corrected chi connectivity index (χ0v) is 20.2. The molecule has 2 unspecified atom stereocenters. The fourth-order valence-electron chi connectivity index (χ4n) is 4.32. The molecule has 2 heterocycles. The lowest BCUT2D eigenvalue weighted by Gasteiger charge is -2.32. The van der Waals surface area contributed by atoms with Crippen molar-refractivity contribution in [2.24, 2.45) is 0 Å². The third kappa shape index (κ3) is 6.27. The number of carbonyl (C=O) groups excluding carboxylic acids is 2. The number of carbonyl (C=O) groups is 2. The highest BCUT2D eigenvalue weighted by atomic mass is 16.5. The minimum Gasteiger partial charge on any atom is -0.496 e. The van der Waals surface area contributed by atoms with Crippen LogP contribution >= 0.6 is 0 Å². The van der Waals surface area contributed by atoms with Crippen molar-refractivity contribution < 1.29 is 19.1 Å². The van der Waals surface area contributed by atoms with E-state index in [0.29, 0.717) is 24.6 Å². The molecule has 2 atom stereocenters. The Bertz CT molecular complexity index is 1110. The maximum atomic E-state index is 13.7. The summed E-state index contributed by atoms with van der Waals surface area (Å²) in [5.74, 6) is 0.226. The van der Waals surface area contributed by atoms with E-state index in [2.05, 4.69) is 15.3 Å². The van der Waals surface area contributed by atoms with Gasteiger partial charge in [-0.25, -0.2) is 4.98 Å². The Morgan fingerprint density at radius 2 is 2.03 bits per heavy atom. The van der Waals surface area contributed by atoms with Crippen LogP contribution in [0.1, 0.15) is 41.3 Å². The number of rotatable bonds is 10. The molecular formula is C27H32N4O4. The van der Waals surface area contributed by atoms with Gasteiger partial charge in [0, 0.05) is 30.6 Å². The highest BCUT2D eigenvalue weighted by Gasteiger charge is 2.33. The lowest BCUT2D eigenvalue weighted by Crippen LogP contribution is -2.45. The fraction of sp³-hybridized carbons (Fsp3) is 0.370. The summed E-state index contributed by atoms with van der Waals surface area (Å²) >= 11 is 0. The van der Waals surface area contributed by atoms with Crippen molar-refractivity contribution in [2.75, 3.05) is 20.3 Å². The van der Waals surface area contributed by atoms with Gasteiger partial charge in [0.25, 0.3) is 0 Å². The number of imidazole rings is 1. The van der Waals surface area contributed by atoms with Crippen LogP contribution in [0, 0.1) is 6.92 Å². The van der Waals surface area contributed by atoms with Gasteiger partial charge in [0.2, 0.25) is 11.8 Å². The molecule has 0 bridgehead atoms. The summed E-state index contributed by atoms with van der Waals surface area (Å²) in [7, 11) is 1.60. The van der Waals surface area contributed by atoms with Crippen LogP contribution in [0.5, 0.6) is 5.75 Å². The van der Waals surface area contributed by atoms with Gasteiger partial charge in [0.15, 0.2) is 0 Å². The normalized spacial score (nSPS) is 16.0. The number of amides is 2. The highest BCUT2D eigenvalue weighted by Crippen LogP contribution is 2.28. The summed E-state index contributed by atoms with van der Waals surface area (Å²) < 4.78 is 11.2. The number of hydrogen-bond acceptors (Lipinski definition) is 5. The molecule has 2 aromatic carbocycles. The SMILES string of the molecule is COc1ccccc1CN(C(=O)Cc1cnc[nH]1)C(C(=O)NCC1CCCO1)c1ccc(C)cc1. The Kier molecular flexibility index (Phi) is 8.15. The number of ether oxygens (including phenoxy) is 2. The molecule has 35 heavy (non-hydrogen) atoms. The maximum absolute atomic E-state index is 13.7. The number of aryl methyl sites for hydroxylation is 1. The molecule has 8 nitrogen and oxygen atoms in total. The fourth-order valence-corrected chi connectivity index (χ4v) is 4.32. The standard InChI is InChI=1S/C27H32N4O4/c1-19-9-11-20(12-10-19)26(27(33)29-16-23-7-5-13-35-23)31(25(32)14-22-15-28-18-30-22)17-21-6-3-4-8-24(21)34-2/h3-4,6,8-12,15,18,23,26H,5,7,13-14,16-17H2,1-2H3,(H,28,30)(H,29,33). The number of para-hydroxylation sites is 1. The van der Waals surface area contributed by atoms with Crippen molar-refractivity contribution in [1.29, 1.82) is 0 Å². The molecule has 4 rings (SSSR count). The van der Waals surface area contributed by atoms with Crippen molar-refractivity contribution >= 4 is 11.8 Å². The van der Waals surface area contributed by atoms with Crippen LogP contribution in [0.25, 0.3) is 0 Å². The first-order chi connectivity index (χ1) is 17.0. The van der Waals surface area contributed by atoms with E-state index in [0.717, 1.165) is 29.5 Å². The van der Waals surface area contributed by atoms with E-state index in [-0.39, 0.29) is 30.9 Å². The molecule has 1 saturated heterocycles. The maximum Gasteiger partial charge on any atom is 0.247 e. The molecule has 8 heteroatoms. The van der Waals surface area contributed by atoms with Crippen LogP contribution in [0.2, 0.25) is 0 Å². The van der Waals surface area contributed by atoms with E-state index in [1.807, 2.05) is 55.5 Å². The molecule has 1 fully saturated rings. The van der Waals surface area contributed by atoms with E-state index in [9.17, 15) is 9.59 Å². The largest absolute Gasteiger partial charge is 0.496 e. The van der Waals surface area contributed by atoms with Crippen LogP contribution in [0.3, 0.4) is 0 Å². The summed E-state index contributed by atoms with van der Waals surface area (Å²) in [5, 5.41) is 3.04. The summed E-state index contributed by atoms with van der Waals surface area (Å²) in [4.78, 5) is 36.0. The van der Waals surface area contributed by atoms with Gasteiger partial charge in [0.05, 0.1) is 32.5 Å². The molecule has 2 amide bonds. The number of methoxy groups -OCH3 is 1. The number of nitrogens with zero attached hydrogens (tertiary/aromatic N) is 2. The third-order valence-corrected chi connectivity index (χ3v) is 6.23. The van der Waals surface area contributed by atoms with Crippen molar-refractivity contribution in [1.82, 2.24) is 20.2 Å². The highest BCUT2D eigenvalue weighted by molar-refractivity contribution is 5.89. The van der Waals surface area contributed by atoms with Crippen LogP contribution in [0.4, 0.5) is 0 Å². The van der Waals surface area contributed by atoms with Gasteiger partial charge in [-0.05, 0) is 31.4 Å². The van der Waals surface area contributed by atoms with Crippen LogP contribution in [0.15, 0.2) is 61.1 Å². The number of aromatic amines is 1. The van der Waals surface area contributed by atoms with Crippen LogP contribution in [-0.4, -0.2) is 53.0 Å². The van der Waals surface area contributed by atoms with Gasteiger partial charge in [-0.2, -0.15) is 0 Å². The quantitative estimate of drug-likeness (QED) is 0.468. The minimum atomic E-state index is -0.822. The van der Waals surface area contributed by atoms with Gasteiger partial charge < -0.3 is 24.7 Å². The Labute approximate surface area is 205 Å². The molecule has 184 valence electrons. The van der Waals surface area contributed by atoms with Crippen molar-refractivity contribution in [2.45, 2.75) is 44.9 Å². The van der Waals surface area contributed by atoms with Crippen LogP contribution in [-0.2, 0) is 27.3 Å². The summed E-state index contributed by atoms with van der Waals surface area (Å²) in [6, 6.07) is 14.4.